The van der Waals surface area contributed by atoms with E-state index >= 15 is 0 Å². The molecule has 0 aliphatic carbocycles. The molecule has 150 valence electrons. The van der Waals surface area contributed by atoms with E-state index in [-0.39, 0.29) is 18.9 Å². The lowest BCUT2D eigenvalue weighted by Crippen LogP contribution is -2.30. The van der Waals surface area contributed by atoms with E-state index in [1.54, 1.807) is 14.2 Å². The maximum atomic E-state index is 12.1. The lowest BCUT2D eigenvalue weighted by Gasteiger charge is -2.17. The van der Waals surface area contributed by atoms with E-state index in [9.17, 15) is 9.59 Å². The van der Waals surface area contributed by atoms with Crippen molar-refractivity contribution in [3.8, 4) is 11.5 Å². The SMILES string of the molecule is COc1ccc(CN(C)C(=O)COC(=O)CCCOc2cccc(C)c2)cc1. The number of benzene rings is 2. The molecule has 0 atom stereocenters. The van der Waals surface area contributed by atoms with Crippen LogP contribution in [-0.4, -0.2) is 44.1 Å². The highest BCUT2D eigenvalue weighted by molar-refractivity contribution is 5.80. The summed E-state index contributed by atoms with van der Waals surface area (Å²) in [7, 11) is 3.28. The fraction of sp³-hybridized carbons (Fsp3) is 0.364. The van der Waals surface area contributed by atoms with Crippen molar-refractivity contribution >= 4 is 11.9 Å². The zero-order chi connectivity index (χ0) is 20.4. The van der Waals surface area contributed by atoms with Crippen LogP contribution in [0.3, 0.4) is 0 Å². The number of esters is 1. The Labute approximate surface area is 166 Å². The molecule has 0 N–H and O–H groups in total. The first kappa shape index (κ1) is 21.3. The van der Waals surface area contributed by atoms with Crippen molar-refractivity contribution in [3.63, 3.8) is 0 Å². The van der Waals surface area contributed by atoms with Gasteiger partial charge in [0, 0.05) is 20.0 Å². The van der Waals surface area contributed by atoms with Gasteiger partial charge in [-0.3, -0.25) is 9.59 Å². The average Bonchev–Trinajstić information content (AvgIpc) is 2.70. The van der Waals surface area contributed by atoms with Crippen molar-refractivity contribution in [2.24, 2.45) is 0 Å². The van der Waals surface area contributed by atoms with Crippen molar-refractivity contribution in [3.05, 3.63) is 59.7 Å². The number of carbonyl (C=O) groups is 2. The molecule has 6 heteroatoms. The summed E-state index contributed by atoms with van der Waals surface area (Å²) in [6, 6.07) is 15.2. The Morgan fingerprint density at radius 1 is 1.04 bits per heavy atom. The Morgan fingerprint density at radius 2 is 1.79 bits per heavy atom. The Hall–Kier alpha value is -3.02. The molecule has 0 heterocycles. The zero-order valence-corrected chi connectivity index (χ0v) is 16.6. The number of amides is 1. The first-order chi connectivity index (χ1) is 13.5. The van der Waals surface area contributed by atoms with Crippen LogP contribution in [0.25, 0.3) is 0 Å². The first-order valence-electron chi connectivity index (χ1n) is 9.20. The lowest BCUT2D eigenvalue weighted by atomic mass is 10.2. The predicted octanol–water partition coefficient (Wildman–Crippen LogP) is 3.36. The molecular weight excluding hydrogens is 358 g/mol. The quantitative estimate of drug-likeness (QED) is 0.463. The topological polar surface area (TPSA) is 65.1 Å². The summed E-state index contributed by atoms with van der Waals surface area (Å²) >= 11 is 0. The van der Waals surface area contributed by atoms with Crippen LogP contribution in [0, 0.1) is 6.92 Å². The van der Waals surface area contributed by atoms with E-state index in [1.165, 1.54) is 4.90 Å². The summed E-state index contributed by atoms with van der Waals surface area (Å²) in [6.07, 6.45) is 0.740. The van der Waals surface area contributed by atoms with Crippen molar-refractivity contribution in [2.45, 2.75) is 26.3 Å². The predicted molar refractivity (Wildman–Crippen MR) is 106 cm³/mol. The standard InChI is InChI=1S/C22H27NO5/c1-17-6-4-7-20(14-17)27-13-5-8-22(25)28-16-21(24)23(2)15-18-9-11-19(26-3)12-10-18/h4,6-7,9-12,14H,5,8,13,15-16H2,1-3H3. The van der Waals surface area contributed by atoms with Gasteiger partial charge in [-0.25, -0.2) is 0 Å². The Morgan fingerprint density at radius 3 is 2.46 bits per heavy atom. The van der Waals surface area contributed by atoms with Gasteiger partial charge in [-0.15, -0.1) is 0 Å². The number of ether oxygens (including phenoxy) is 3. The maximum Gasteiger partial charge on any atom is 0.306 e. The van der Waals surface area contributed by atoms with E-state index in [1.807, 2.05) is 55.5 Å². The van der Waals surface area contributed by atoms with Gasteiger partial charge in [0.15, 0.2) is 6.61 Å². The normalized spacial score (nSPS) is 10.2. The maximum absolute atomic E-state index is 12.1. The van der Waals surface area contributed by atoms with Crippen molar-refractivity contribution in [2.75, 3.05) is 27.4 Å². The smallest absolute Gasteiger partial charge is 0.306 e. The lowest BCUT2D eigenvalue weighted by molar-refractivity contribution is -0.151. The van der Waals surface area contributed by atoms with Gasteiger partial charge in [-0.1, -0.05) is 24.3 Å². The van der Waals surface area contributed by atoms with Crippen LogP contribution in [-0.2, 0) is 20.9 Å². The van der Waals surface area contributed by atoms with Crippen LogP contribution in [0.5, 0.6) is 11.5 Å². The molecule has 0 bridgehead atoms. The molecule has 0 aliphatic heterocycles. The van der Waals surface area contributed by atoms with E-state index < -0.39 is 5.97 Å². The van der Waals surface area contributed by atoms with Crippen LogP contribution in [0.15, 0.2) is 48.5 Å². The third-order valence-electron chi connectivity index (χ3n) is 4.14. The van der Waals surface area contributed by atoms with E-state index in [2.05, 4.69) is 0 Å². The Balaban J connectivity index is 1.63. The van der Waals surface area contributed by atoms with Crippen LogP contribution in [0.1, 0.15) is 24.0 Å². The molecule has 0 saturated heterocycles. The first-order valence-corrected chi connectivity index (χ1v) is 9.20. The summed E-state index contributed by atoms with van der Waals surface area (Å²) in [6.45, 7) is 2.59. The molecule has 0 saturated carbocycles. The monoisotopic (exact) mass is 385 g/mol. The van der Waals surface area contributed by atoms with E-state index in [0.717, 1.165) is 22.6 Å². The summed E-state index contributed by atoms with van der Waals surface area (Å²) in [5, 5.41) is 0. The zero-order valence-electron chi connectivity index (χ0n) is 16.6. The fourth-order valence-electron chi connectivity index (χ4n) is 2.53. The molecule has 0 aliphatic rings. The number of methoxy groups -OCH3 is 1. The molecule has 0 spiro atoms. The summed E-state index contributed by atoms with van der Waals surface area (Å²) in [5.74, 6) is 0.890. The van der Waals surface area contributed by atoms with Crippen molar-refractivity contribution < 1.29 is 23.8 Å². The molecular formula is C22H27NO5. The third kappa shape index (κ3) is 7.31. The molecule has 0 aromatic heterocycles. The summed E-state index contributed by atoms with van der Waals surface area (Å²) < 4.78 is 15.8. The molecule has 2 aromatic rings. The minimum absolute atomic E-state index is 0.210. The summed E-state index contributed by atoms with van der Waals surface area (Å²) in [5.41, 5.74) is 2.09. The van der Waals surface area contributed by atoms with Gasteiger partial charge in [0.25, 0.3) is 5.91 Å². The van der Waals surface area contributed by atoms with Gasteiger partial charge in [0.1, 0.15) is 11.5 Å². The largest absolute Gasteiger partial charge is 0.497 e. The molecule has 2 aromatic carbocycles. The number of carbonyl (C=O) groups excluding carboxylic acids is 2. The summed E-state index contributed by atoms with van der Waals surface area (Å²) in [4.78, 5) is 25.4. The second kappa shape index (κ2) is 11.0. The molecule has 1 amide bonds. The molecule has 0 unspecified atom stereocenters. The number of hydrogen-bond acceptors (Lipinski definition) is 5. The number of nitrogens with zero attached hydrogens (tertiary/aromatic N) is 1. The van der Waals surface area contributed by atoms with Gasteiger partial charge in [0.2, 0.25) is 0 Å². The second-order valence-electron chi connectivity index (χ2n) is 6.53. The Kier molecular flexibility index (Phi) is 8.34. The number of aryl methyl sites for hydroxylation is 1. The van der Waals surface area contributed by atoms with Gasteiger partial charge in [-0.2, -0.15) is 0 Å². The van der Waals surface area contributed by atoms with Gasteiger partial charge >= 0.3 is 5.97 Å². The van der Waals surface area contributed by atoms with E-state index in [0.29, 0.717) is 19.6 Å². The highest BCUT2D eigenvalue weighted by Gasteiger charge is 2.12. The van der Waals surface area contributed by atoms with Crippen LogP contribution < -0.4 is 9.47 Å². The van der Waals surface area contributed by atoms with Crippen LogP contribution >= 0.6 is 0 Å². The fourth-order valence-corrected chi connectivity index (χ4v) is 2.53. The number of rotatable bonds is 10. The third-order valence-corrected chi connectivity index (χ3v) is 4.14. The average molecular weight is 385 g/mol. The van der Waals surface area contributed by atoms with Crippen molar-refractivity contribution in [1.29, 1.82) is 0 Å². The highest BCUT2D eigenvalue weighted by Crippen LogP contribution is 2.13. The van der Waals surface area contributed by atoms with Gasteiger partial charge in [0.05, 0.1) is 13.7 Å². The van der Waals surface area contributed by atoms with Crippen LogP contribution in [0.2, 0.25) is 0 Å². The molecule has 0 fully saturated rings. The minimum atomic E-state index is -0.404. The molecule has 2 rings (SSSR count). The highest BCUT2D eigenvalue weighted by atomic mass is 16.5. The minimum Gasteiger partial charge on any atom is -0.497 e. The molecule has 28 heavy (non-hydrogen) atoms. The van der Waals surface area contributed by atoms with E-state index in [4.69, 9.17) is 14.2 Å². The molecule has 6 nitrogen and oxygen atoms in total. The Bertz CT molecular complexity index is 773. The van der Waals surface area contributed by atoms with Gasteiger partial charge in [-0.05, 0) is 48.7 Å². The van der Waals surface area contributed by atoms with Crippen molar-refractivity contribution in [1.82, 2.24) is 4.90 Å². The van der Waals surface area contributed by atoms with Gasteiger partial charge < -0.3 is 19.1 Å². The second-order valence-corrected chi connectivity index (χ2v) is 6.53. The van der Waals surface area contributed by atoms with Crippen LogP contribution in [0.4, 0.5) is 0 Å². The number of hydrogen-bond donors (Lipinski definition) is 0. The number of likely N-dealkylation sites (N-methyl/N-ethyl adjacent to an activating group) is 1. The molecule has 0 radical (unpaired) electrons.